The van der Waals surface area contributed by atoms with Crippen molar-refractivity contribution in [2.75, 3.05) is 11.9 Å². The summed E-state index contributed by atoms with van der Waals surface area (Å²) < 4.78 is 58.1. The van der Waals surface area contributed by atoms with Crippen molar-refractivity contribution in [2.24, 2.45) is 5.73 Å². The fourth-order valence-electron chi connectivity index (χ4n) is 4.45. The molecule has 0 spiro atoms. The molecule has 1 atom stereocenters. The molecule has 1 aliphatic heterocycles. The molecule has 11 heteroatoms. The minimum absolute atomic E-state index is 0.0587. The first-order valence-electron chi connectivity index (χ1n) is 10.7. The number of benzene rings is 3. The second kappa shape index (κ2) is 8.74. The molecule has 3 amide bonds. The maximum Gasteiger partial charge on any atom is 0.325 e. The summed E-state index contributed by atoms with van der Waals surface area (Å²) in [5.41, 5.74) is 3.37. The van der Waals surface area contributed by atoms with Gasteiger partial charge in [0.2, 0.25) is 5.91 Å². The SMILES string of the molecule is CN1C(=O)N(Cc2c(F)cc(O)cc2F)c2cccc(Cc3c(F)cc(O)cc3F)c2C1(C)C(N)=O. The second-order valence-corrected chi connectivity index (χ2v) is 8.63. The van der Waals surface area contributed by atoms with E-state index in [0.29, 0.717) is 12.1 Å². The van der Waals surface area contributed by atoms with Crippen LogP contribution in [0.2, 0.25) is 0 Å². The van der Waals surface area contributed by atoms with E-state index in [1.807, 2.05) is 0 Å². The minimum atomic E-state index is -1.78. The lowest BCUT2D eigenvalue weighted by molar-refractivity contribution is -0.127. The van der Waals surface area contributed by atoms with E-state index >= 15 is 0 Å². The molecule has 3 aromatic rings. The number of carbonyl (C=O) groups is 2. The number of likely N-dealkylation sites (N-methyl/N-ethyl adjacent to an activating group) is 1. The highest BCUT2D eigenvalue weighted by Crippen LogP contribution is 2.44. The molecule has 1 aliphatic rings. The van der Waals surface area contributed by atoms with E-state index in [-0.39, 0.29) is 23.2 Å². The number of fused-ring (bicyclic) bond motifs is 1. The normalized spacial score (nSPS) is 17.3. The van der Waals surface area contributed by atoms with Gasteiger partial charge < -0.3 is 20.8 Å². The predicted octanol–water partition coefficient (Wildman–Crippen LogP) is 4.02. The predicted molar refractivity (Wildman–Crippen MR) is 121 cm³/mol. The minimum Gasteiger partial charge on any atom is -0.508 e. The molecular formula is C25H21F4N3O4. The average molecular weight is 503 g/mol. The number of rotatable bonds is 5. The van der Waals surface area contributed by atoms with Gasteiger partial charge in [0, 0.05) is 54.4 Å². The third kappa shape index (κ3) is 3.86. The van der Waals surface area contributed by atoms with Gasteiger partial charge in [-0.1, -0.05) is 12.1 Å². The van der Waals surface area contributed by atoms with Gasteiger partial charge in [-0.05, 0) is 18.6 Å². The number of amides is 3. The van der Waals surface area contributed by atoms with Crippen LogP contribution < -0.4 is 10.6 Å². The van der Waals surface area contributed by atoms with Crippen LogP contribution in [0, 0.1) is 23.3 Å². The third-order valence-corrected chi connectivity index (χ3v) is 6.51. The summed E-state index contributed by atoms with van der Waals surface area (Å²) in [6, 6.07) is 6.41. The van der Waals surface area contributed by atoms with Crippen LogP contribution in [0.1, 0.15) is 29.2 Å². The molecule has 7 nitrogen and oxygen atoms in total. The van der Waals surface area contributed by atoms with Crippen molar-refractivity contribution >= 4 is 17.6 Å². The summed E-state index contributed by atoms with van der Waals surface area (Å²) in [7, 11) is 1.27. The van der Waals surface area contributed by atoms with E-state index in [2.05, 4.69) is 0 Å². The van der Waals surface area contributed by atoms with Crippen molar-refractivity contribution < 1.29 is 37.4 Å². The largest absolute Gasteiger partial charge is 0.508 e. The summed E-state index contributed by atoms with van der Waals surface area (Å²) >= 11 is 0. The number of urea groups is 1. The first-order valence-corrected chi connectivity index (χ1v) is 10.7. The average Bonchev–Trinajstić information content (AvgIpc) is 2.78. The van der Waals surface area contributed by atoms with Gasteiger partial charge in [0.05, 0.1) is 12.2 Å². The number of nitrogens with zero attached hydrogens (tertiary/aromatic N) is 2. The van der Waals surface area contributed by atoms with Crippen LogP contribution in [-0.2, 0) is 23.3 Å². The Kier molecular flexibility index (Phi) is 6.03. The lowest BCUT2D eigenvalue weighted by Gasteiger charge is -2.47. The fourth-order valence-corrected chi connectivity index (χ4v) is 4.45. The van der Waals surface area contributed by atoms with Crippen LogP contribution in [0.5, 0.6) is 11.5 Å². The van der Waals surface area contributed by atoms with E-state index in [0.717, 1.165) is 21.9 Å². The van der Waals surface area contributed by atoms with Gasteiger partial charge in [0.1, 0.15) is 40.3 Å². The van der Waals surface area contributed by atoms with E-state index in [1.165, 1.54) is 32.2 Å². The van der Waals surface area contributed by atoms with Gasteiger partial charge in [-0.2, -0.15) is 0 Å². The molecule has 0 saturated heterocycles. The fraction of sp³-hybridized carbons (Fsp3) is 0.200. The Labute approximate surface area is 203 Å². The summed E-state index contributed by atoms with van der Waals surface area (Å²) in [5.74, 6) is -6.46. The third-order valence-electron chi connectivity index (χ3n) is 6.51. The summed E-state index contributed by atoms with van der Waals surface area (Å²) in [6.07, 6.45) is -0.387. The number of hydrogen-bond acceptors (Lipinski definition) is 4. The zero-order valence-electron chi connectivity index (χ0n) is 19.2. The summed E-state index contributed by atoms with van der Waals surface area (Å²) in [6.45, 7) is 0.743. The smallest absolute Gasteiger partial charge is 0.325 e. The van der Waals surface area contributed by atoms with Crippen molar-refractivity contribution in [3.05, 3.63) is 88.0 Å². The van der Waals surface area contributed by atoms with Crippen LogP contribution in [0.25, 0.3) is 0 Å². The van der Waals surface area contributed by atoms with Gasteiger partial charge >= 0.3 is 6.03 Å². The molecule has 3 aromatic carbocycles. The van der Waals surface area contributed by atoms with Crippen molar-refractivity contribution in [1.82, 2.24) is 4.90 Å². The molecule has 36 heavy (non-hydrogen) atoms. The Morgan fingerprint density at radius 3 is 1.94 bits per heavy atom. The Morgan fingerprint density at radius 2 is 1.44 bits per heavy atom. The van der Waals surface area contributed by atoms with Crippen LogP contribution >= 0.6 is 0 Å². The van der Waals surface area contributed by atoms with Crippen LogP contribution in [0.15, 0.2) is 42.5 Å². The Hall–Kier alpha value is -4.28. The second-order valence-electron chi connectivity index (χ2n) is 8.63. The zero-order chi connectivity index (χ0) is 26.5. The number of carbonyl (C=O) groups excluding carboxylic acids is 2. The molecular weight excluding hydrogens is 482 g/mol. The van der Waals surface area contributed by atoms with Crippen LogP contribution in [0.3, 0.4) is 0 Å². The van der Waals surface area contributed by atoms with E-state index in [9.17, 15) is 37.4 Å². The Morgan fingerprint density at radius 1 is 0.944 bits per heavy atom. The van der Waals surface area contributed by atoms with Gasteiger partial charge in [0.15, 0.2) is 0 Å². The topological polar surface area (TPSA) is 107 Å². The number of hydrogen-bond donors (Lipinski definition) is 3. The highest BCUT2D eigenvalue weighted by atomic mass is 19.1. The molecule has 188 valence electrons. The Balaban J connectivity index is 1.92. The van der Waals surface area contributed by atoms with Crippen molar-refractivity contribution in [3.8, 4) is 11.5 Å². The van der Waals surface area contributed by atoms with Crippen molar-refractivity contribution in [1.29, 1.82) is 0 Å². The maximum atomic E-state index is 14.5. The highest BCUT2D eigenvalue weighted by molar-refractivity contribution is 6.03. The monoisotopic (exact) mass is 503 g/mol. The highest BCUT2D eigenvalue weighted by Gasteiger charge is 2.49. The van der Waals surface area contributed by atoms with Crippen LogP contribution in [-0.4, -0.2) is 34.1 Å². The number of phenolic OH excluding ortho intramolecular Hbond substituents is 2. The molecule has 0 aromatic heterocycles. The van der Waals surface area contributed by atoms with Gasteiger partial charge in [-0.3, -0.25) is 9.69 Å². The molecule has 0 fully saturated rings. The lowest BCUT2D eigenvalue weighted by atomic mass is 9.81. The number of halogens is 4. The number of primary amides is 1. The van der Waals surface area contributed by atoms with Gasteiger partial charge in [-0.15, -0.1) is 0 Å². The zero-order valence-corrected chi connectivity index (χ0v) is 19.2. The van der Waals surface area contributed by atoms with Crippen molar-refractivity contribution in [3.63, 3.8) is 0 Å². The van der Waals surface area contributed by atoms with E-state index in [1.54, 1.807) is 0 Å². The van der Waals surface area contributed by atoms with E-state index in [4.69, 9.17) is 5.73 Å². The number of anilines is 1. The molecule has 0 aliphatic carbocycles. The Bertz CT molecular complexity index is 1370. The number of nitrogens with two attached hydrogens (primary N) is 1. The molecule has 0 bridgehead atoms. The molecule has 0 saturated carbocycles. The molecule has 1 unspecified atom stereocenters. The van der Waals surface area contributed by atoms with Gasteiger partial charge in [-0.25, -0.2) is 22.4 Å². The number of phenols is 2. The van der Waals surface area contributed by atoms with Crippen molar-refractivity contribution in [2.45, 2.75) is 25.4 Å². The molecule has 1 heterocycles. The lowest BCUT2D eigenvalue weighted by Crippen LogP contribution is -2.61. The van der Waals surface area contributed by atoms with Gasteiger partial charge in [0.25, 0.3) is 0 Å². The molecule has 4 rings (SSSR count). The van der Waals surface area contributed by atoms with Crippen LogP contribution in [0.4, 0.5) is 28.0 Å². The maximum absolute atomic E-state index is 14.5. The summed E-state index contributed by atoms with van der Waals surface area (Å²) in [5, 5.41) is 18.9. The first-order chi connectivity index (χ1) is 16.9. The first kappa shape index (κ1) is 24.8. The quantitative estimate of drug-likeness (QED) is 0.457. The summed E-state index contributed by atoms with van der Waals surface area (Å²) in [4.78, 5) is 28.0. The number of aromatic hydroxyl groups is 2. The molecule has 4 N–H and O–H groups in total. The standard InChI is InChI=1S/C25H21F4N3O4/c1-25(23(30)35)22-12(6-15-17(26)7-13(33)8-18(15)27)4-3-5-21(22)32(24(36)31(25)2)11-16-19(28)9-14(34)10-20(16)29/h3-5,7-10,33-34H,6,11H2,1-2H3,(H2,30,35). The van der Waals surface area contributed by atoms with E-state index < -0.39 is 69.9 Å². The molecule has 0 radical (unpaired) electrons.